The average Bonchev–Trinajstić information content (AvgIpc) is 2.31. The van der Waals surface area contributed by atoms with Gasteiger partial charge in [-0.05, 0) is 54.9 Å². The van der Waals surface area contributed by atoms with E-state index in [1.165, 1.54) is 25.7 Å². The van der Waals surface area contributed by atoms with E-state index < -0.39 is 0 Å². The lowest BCUT2D eigenvalue weighted by atomic mass is 9.98. The molecule has 2 heterocycles. The van der Waals surface area contributed by atoms with E-state index in [0.717, 1.165) is 13.1 Å². The fourth-order valence-corrected chi connectivity index (χ4v) is 2.67. The predicted octanol–water partition coefficient (Wildman–Crippen LogP) is 1.13. The zero-order valence-electron chi connectivity index (χ0n) is 9.87. The van der Waals surface area contributed by atoms with Gasteiger partial charge in [0.15, 0.2) is 0 Å². The summed E-state index contributed by atoms with van der Waals surface area (Å²) in [5.74, 6) is 1.34. The van der Waals surface area contributed by atoms with E-state index in [0.29, 0.717) is 15.3 Å². The molecule has 94 valence electrons. The fourth-order valence-electron chi connectivity index (χ4n) is 2.19. The van der Waals surface area contributed by atoms with Crippen molar-refractivity contribution in [1.82, 2.24) is 14.9 Å². The van der Waals surface area contributed by atoms with Gasteiger partial charge in [-0.15, -0.1) is 0 Å². The van der Waals surface area contributed by atoms with Crippen LogP contribution in [0.25, 0.3) is 0 Å². The van der Waals surface area contributed by atoms with Crippen LogP contribution < -0.4 is 10.9 Å². The third-order valence-corrected chi connectivity index (χ3v) is 4.08. The van der Waals surface area contributed by atoms with Gasteiger partial charge in [0.1, 0.15) is 9.39 Å². The van der Waals surface area contributed by atoms with E-state index in [4.69, 9.17) is 0 Å². The molecule has 0 saturated carbocycles. The van der Waals surface area contributed by atoms with Crippen LogP contribution in [0.3, 0.4) is 0 Å². The lowest BCUT2D eigenvalue weighted by Crippen LogP contribution is -2.35. The molecular formula is C11H17IN4O. The second-order valence-electron chi connectivity index (χ2n) is 4.55. The molecule has 2 rings (SSSR count). The maximum atomic E-state index is 11.4. The average molecular weight is 348 g/mol. The maximum absolute atomic E-state index is 11.4. The van der Waals surface area contributed by atoms with Crippen LogP contribution in [0, 0.1) is 9.49 Å². The molecule has 5 nitrogen and oxygen atoms in total. The second kappa shape index (κ2) is 5.81. The number of halogens is 1. The van der Waals surface area contributed by atoms with Gasteiger partial charge >= 0.3 is 0 Å². The highest BCUT2D eigenvalue weighted by Crippen LogP contribution is 2.16. The SMILES string of the molecule is CN1CCCC(CNc2nc[nH]c(=O)c2I)C1. The zero-order valence-corrected chi connectivity index (χ0v) is 12.0. The molecule has 1 fully saturated rings. The third kappa shape index (κ3) is 3.41. The highest BCUT2D eigenvalue weighted by molar-refractivity contribution is 14.1. The minimum atomic E-state index is -0.0798. The van der Waals surface area contributed by atoms with Crippen molar-refractivity contribution in [2.24, 2.45) is 5.92 Å². The molecule has 1 unspecified atom stereocenters. The molecule has 1 aromatic rings. The number of H-pyrrole nitrogens is 1. The molecule has 1 atom stereocenters. The molecule has 17 heavy (non-hydrogen) atoms. The third-order valence-electron chi connectivity index (χ3n) is 3.08. The molecule has 0 amide bonds. The Balaban J connectivity index is 1.93. The van der Waals surface area contributed by atoms with Crippen molar-refractivity contribution < 1.29 is 0 Å². The molecule has 0 radical (unpaired) electrons. The van der Waals surface area contributed by atoms with Crippen LogP contribution in [0.1, 0.15) is 12.8 Å². The summed E-state index contributed by atoms with van der Waals surface area (Å²) < 4.78 is 0.634. The zero-order chi connectivity index (χ0) is 12.3. The summed E-state index contributed by atoms with van der Waals surface area (Å²) in [4.78, 5) is 20.5. The first-order valence-corrected chi connectivity index (χ1v) is 6.90. The Morgan fingerprint density at radius 2 is 2.53 bits per heavy atom. The van der Waals surface area contributed by atoms with Crippen LogP contribution in [-0.4, -0.2) is 41.5 Å². The summed E-state index contributed by atoms with van der Waals surface area (Å²) >= 11 is 2.02. The van der Waals surface area contributed by atoms with Crippen molar-refractivity contribution >= 4 is 28.4 Å². The Morgan fingerprint density at radius 3 is 3.29 bits per heavy atom. The van der Waals surface area contributed by atoms with E-state index in [-0.39, 0.29) is 5.56 Å². The molecule has 1 aliphatic heterocycles. The minimum absolute atomic E-state index is 0.0798. The number of aromatic nitrogens is 2. The van der Waals surface area contributed by atoms with Crippen LogP contribution in [0.15, 0.2) is 11.1 Å². The van der Waals surface area contributed by atoms with E-state index in [9.17, 15) is 4.79 Å². The normalized spacial score (nSPS) is 21.4. The van der Waals surface area contributed by atoms with Crippen molar-refractivity contribution in [2.45, 2.75) is 12.8 Å². The van der Waals surface area contributed by atoms with Crippen molar-refractivity contribution in [2.75, 3.05) is 32.0 Å². The Kier molecular flexibility index (Phi) is 4.38. The largest absolute Gasteiger partial charge is 0.369 e. The van der Waals surface area contributed by atoms with Crippen molar-refractivity contribution in [3.63, 3.8) is 0 Å². The molecule has 6 heteroatoms. The second-order valence-corrected chi connectivity index (χ2v) is 5.62. The molecule has 1 aromatic heterocycles. The maximum Gasteiger partial charge on any atom is 0.266 e. The molecule has 1 saturated heterocycles. The first kappa shape index (κ1) is 12.8. The number of nitrogens with one attached hydrogen (secondary N) is 2. The predicted molar refractivity (Wildman–Crippen MR) is 76.3 cm³/mol. The highest BCUT2D eigenvalue weighted by atomic mass is 127. The van der Waals surface area contributed by atoms with Gasteiger partial charge in [-0.3, -0.25) is 4.79 Å². The molecule has 0 aromatic carbocycles. The van der Waals surface area contributed by atoms with Crippen LogP contribution in [0.4, 0.5) is 5.82 Å². The number of likely N-dealkylation sites (tertiary alicyclic amines) is 1. The van der Waals surface area contributed by atoms with E-state index in [2.05, 4.69) is 27.2 Å². The fraction of sp³-hybridized carbons (Fsp3) is 0.636. The topological polar surface area (TPSA) is 61.0 Å². The number of piperidine rings is 1. The van der Waals surface area contributed by atoms with Gasteiger partial charge in [0, 0.05) is 13.1 Å². The number of nitrogens with zero attached hydrogens (tertiary/aromatic N) is 2. The van der Waals surface area contributed by atoms with Crippen LogP contribution >= 0.6 is 22.6 Å². The van der Waals surface area contributed by atoms with Gasteiger partial charge in [-0.1, -0.05) is 0 Å². The summed E-state index contributed by atoms with van der Waals surface area (Å²) in [7, 11) is 2.15. The Hall–Kier alpha value is -0.630. The lowest BCUT2D eigenvalue weighted by molar-refractivity contribution is 0.217. The van der Waals surface area contributed by atoms with Gasteiger partial charge < -0.3 is 15.2 Å². The quantitative estimate of drug-likeness (QED) is 0.804. The molecule has 0 bridgehead atoms. The first-order valence-electron chi connectivity index (χ1n) is 5.82. The van der Waals surface area contributed by atoms with Crippen LogP contribution in [-0.2, 0) is 0 Å². The Morgan fingerprint density at radius 1 is 1.71 bits per heavy atom. The van der Waals surface area contributed by atoms with Crippen molar-refractivity contribution in [1.29, 1.82) is 0 Å². The van der Waals surface area contributed by atoms with E-state index >= 15 is 0 Å². The number of hydrogen-bond donors (Lipinski definition) is 2. The summed E-state index contributed by atoms with van der Waals surface area (Å²) in [5, 5.41) is 3.28. The Bertz CT molecular complexity index is 434. The molecule has 2 N–H and O–H groups in total. The van der Waals surface area contributed by atoms with Gasteiger partial charge in [0.2, 0.25) is 0 Å². The smallest absolute Gasteiger partial charge is 0.266 e. The van der Waals surface area contributed by atoms with Crippen LogP contribution in [0.2, 0.25) is 0 Å². The summed E-state index contributed by atoms with van der Waals surface area (Å²) in [6.07, 6.45) is 3.94. The summed E-state index contributed by atoms with van der Waals surface area (Å²) in [6, 6.07) is 0. The molecular weight excluding hydrogens is 331 g/mol. The van der Waals surface area contributed by atoms with Crippen molar-refractivity contribution in [3.8, 4) is 0 Å². The highest BCUT2D eigenvalue weighted by Gasteiger charge is 2.17. The standard InChI is InChI=1S/C11H17IN4O/c1-16-4-2-3-8(6-16)5-13-10-9(12)11(17)15-7-14-10/h7-8H,2-6H2,1H3,(H2,13,14,15,17). The van der Waals surface area contributed by atoms with Gasteiger partial charge in [0.05, 0.1) is 6.33 Å². The summed E-state index contributed by atoms with van der Waals surface area (Å²) in [6.45, 7) is 3.20. The van der Waals surface area contributed by atoms with E-state index in [1.54, 1.807) is 0 Å². The number of aromatic amines is 1. The minimum Gasteiger partial charge on any atom is -0.369 e. The lowest BCUT2D eigenvalue weighted by Gasteiger charge is -2.29. The van der Waals surface area contributed by atoms with Crippen LogP contribution in [0.5, 0.6) is 0 Å². The number of anilines is 1. The van der Waals surface area contributed by atoms with E-state index in [1.807, 2.05) is 22.6 Å². The molecule has 1 aliphatic rings. The molecule has 0 spiro atoms. The number of hydrogen-bond acceptors (Lipinski definition) is 4. The van der Waals surface area contributed by atoms with Crippen molar-refractivity contribution in [3.05, 3.63) is 20.3 Å². The van der Waals surface area contributed by atoms with Gasteiger partial charge in [-0.25, -0.2) is 4.98 Å². The van der Waals surface area contributed by atoms with Gasteiger partial charge in [-0.2, -0.15) is 0 Å². The number of rotatable bonds is 3. The van der Waals surface area contributed by atoms with Gasteiger partial charge in [0.25, 0.3) is 5.56 Å². The Labute approximate surface area is 114 Å². The monoisotopic (exact) mass is 348 g/mol. The molecule has 0 aliphatic carbocycles. The summed E-state index contributed by atoms with van der Waals surface area (Å²) in [5.41, 5.74) is -0.0798. The first-order chi connectivity index (χ1) is 8.16.